The van der Waals surface area contributed by atoms with Crippen LogP contribution in [0.3, 0.4) is 0 Å². The van der Waals surface area contributed by atoms with Crippen LogP contribution in [0.15, 0.2) is 24.3 Å². The second-order valence-corrected chi connectivity index (χ2v) is 7.46. The average molecular weight is 270 g/mol. The summed E-state index contributed by atoms with van der Waals surface area (Å²) in [5.74, 6) is 2.24. The van der Waals surface area contributed by atoms with Gasteiger partial charge in [-0.2, -0.15) is 0 Å². The summed E-state index contributed by atoms with van der Waals surface area (Å²) in [5, 5.41) is 0. The van der Waals surface area contributed by atoms with E-state index in [1.54, 1.807) is 0 Å². The number of hydrogen-bond donors (Lipinski definition) is 0. The van der Waals surface area contributed by atoms with Gasteiger partial charge in [0.15, 0.2) is 5.78 Å². The second kappa shape index (κ2) is 5.02. The summed E-state index contributed by atoms with van der Waals surface area (Å²) in [6, 6.07) is 8.43. The number of carbonyl (C=O) groups excluding carboxylic acids is 1. The van der Waals surface area contributed by atoms with Crippen LogP contribution in [0.2, 0.25) is 0 Å². The molecule has 0 aliphatic heterocycles. The minimum atomic E-state index is 0.202. The van der Waals surface area contributed by atoms with E-state index in [1.807, 2.05) is 0 Å². The lowest BCUT2D eigenvalue weighted by atomic mass is 9.80. The summed E-state index contributed by atoms with van der Waals surface area (Å²) >= 11 is 0. The molecule has 0 radical (unpaired) electrons. The number of Topliss-reactive ketones (excluding diaryl/α,β-unsaturated/α-hetero) is 1. The van der Waals surface area contributed by atoms with Crippen molar-refractivity contribution in [3.8, 4) is 0 Å². The lowest BCUT2D eigenvalue weighted by Crippen LogP contribution is -2.21. The number of carbonyl (C=O) groups is 1. The smallest absolute Gasteiger partial charge is 0.166 e. The Labute approximate surface area is 122 Å². The number of fused-ring (bicyclic) bond motifs is 2. The van der Waals surface area contributed by atoms with Crippen molar-refractivity contribution < 1.29 is 4.79 Å². The second-order valence-electron chi connectivity index (χ2n) is 7.46. The van der Waals surface area contributed by atoms with Gasteiger partial charge in [-0.05, 0) is 48.5 Å². The molecule has 1 aromatic carbocycles. The van der Waals surface area contributed by atoms with E-state index in [4.69, 9.17) is 0 Å². The predicted molar refractivity (Wildman–Crippen MR) is 83.0 cm³/mol. The number of ketones is 1. The van der Waals surface area contributed by atoms with E-state index in [-0.39, 0.29) is 5.41 Å². The third-order valence-corrected chi connectivity index (χ3v) is 5.91. The van der Waals surface area contributed by atoms with Crippen LogP contribution in [0.4, 0.5) is 0 Å². The first kappa shape index (κ1) is 13.9. The fourth-order valence-corrected chi connectivity index (χ4v) is 4.07. The Morgan fingerprint density at radius 2 is 1.85 bits per heavy atom. The molecule has 108 valence electrons. The number of benzene rings is 1. The van der Waals surface area contributed by atoms with Crippen LogP contribution in [0.5, 0.6) is 0 Å². The van der Waals surface area contributed by atoms with Crippen molar-refractivity contribution in [2.24, 2.45) is 17.8 Å². The molecular weight excluding hydrogens is 244 g/mol. The third kappa shape index (κ3) is 2.32. The predicted octanol–water partition coefficient (Wildman–Crippen LogP) is 4.99. The molecule has 3 unspecified atom stereocenters. The molecule has 3 rings (SSSR count). The molecule has 20 heavy (non-hydrogen) atoms. The molecule has 0 heterocycles. The molecule has 3 atom stereocenters. The molecule has 0 amide bonds. The Balaban J connectivity index is 1.76. The Morgan fingerprint density at radius 3 is 2.35 bits per heavy atom. The van der Waals surface area contributed by atoms with Crippen LogP contribution < -0.4 is 0 Å². The van der Waals surface area contributed by atoms with Gasteiger partial charge in [0, 0.05) is 11.5 Å². The highest BCUT2D eigenvalue weighted by Crippen LogP contribution is 2.49. The highest BCUT2D eigenvalue weighted by atomic mass is 16.1. The topological polar surface area (TPSA) is 17.1 Å². The van der Waals surface area contributed by atoms with Crippen molar-refractivity contribution in [2.45, 2.75) is 58.3 Å². The zero-order valence-electron chi connectivity index (χ0n) is 13.0. The molecule has 2 bridgehead atoms. The van der Waals surface area contributed by atoms with Gasteiger partial charge in [0.1, 0.15) is 0 Å². The summed E-state index contributed by atoms with van der Waals surface area (Å²) in [5.41, 5.74) is 2.47. The summed E-state index contributed by atoms with van der Waals surface area (Å²) in [7, 11) is 0. The van der Waals surface area contributed by atoms with Crippen LogP contribution in [-0.4, -0.2) is 5.78 Å². The van der Waals surface area contributed by atoms with Crippen molar-refractivity contribution in [1.29, 1.82) is 0 Å². The fourth-order valence-electron chi connectivity index (χ4n) is 4.07. The van der Waals surface area contributed by atoms with Gasteiger partial charge in [-0.1, -0.05) is 51.5 Å². The molecule has 2 aliphatic carbocycles. The first-order chi connectivity index (χ1) is 9.51. The van der Waals surface area contributed by atoms with Crippen molar-refractivity contribution in [2.75, 3.05) is 0 Å². The molecule has 0 N–H and O–H groups in total. The molecule has 0 spiro atoms. The molecular formula is C19H26O. The number of hydrogen-bond acceptors (Lipinski definition) is 1. The van der Waals surface area contributed by atoms with E-state index in [0.717, 1.165) is 24.3 Å². The first-order valence-electron chi connectivity index (χ1n) is 8.16. The monoisotopic (exact) mass is 270 g/mol. The van der Waals surface area contributed by atoms with Crippen LogP contribution in [0.1, 0.15) is 68.8 Å². The van der Waals surface area contributed by atoms with Crippen LogP contribution in [0.25, 0.3) is 0 Å². The van der Waals surface area contributed by atoms with E-state index in [0.29, 0.717) is 17.6 Å². The summed E-state index contributed by atoms with van der Waals surface area (Å²) < 4.78 is 0. The highest BCUT2D eigenvalue weighted by Gasteiger charge is 2.43. The van der Waals surface area contributed by atoms with E-state index < -0.39 is 0 Å². The first-order valence-corrected chi connectivity index (χ1v) is 8.16. The Kier molecular flexibility index (Phi) is 3.48. The average Bonchev–Trinajstić information content (AvgIpc) is 3.09. The third-order valence-electron chi connectivity index (χ3n) is 5.91. The summed E-state index contributed by atoms with van der Waals surface area (Å²) in [4.78, 5) is 12.7. The van der Waals surface area contributed by atoms with E-state index in [1.165, 1.54) is 24.8 Å². The Hall–Kier alpha value is -1.11. The van der Waals surface area contributed by atoms with Crippen LogP contribution in [-0.2, 0) is 5.41 Å². The van der Waals surface area contributed by atoms with E-state index >= 15 is 0 Å². The summed E-state index contributed by atoms with van der Waals surface area (Å²) in [6.45, 7) is 6.74. The quantitative estimate of drug-likeness (QED) is 0.704. The van der Waals surface area contributed by atoms with Gasteiger partial charge in [-0.3, -0.25) is 4.79 Å². The minimum Gasteiger partial charge on any atom is -0.294 e. The van der Waals surface area contributed by atoms with Gasteiger partial charge in [0.2, 0.25) is 0 Å². The molecule has 0 saturated heterocycles. The van der Waals surface area contributed by atoms with Gasteiger partial charge in [0.05, 0.1) is 0 Å². The molecule has 0 aromatic heterocycles. The normalized spacial score (nSPS) is 28.9. The molecule has 2 fully saturated rings. The zero-order chi connectivity index (χ0) is 14.3. The maximum atomic E-state index is 12.7. The Morgan fingerprint density at radius 1 is 1.15 bits per heavy atom. The van der Waals surface area contributed by atoms with Gasteiger partial charge < -0.3 is 0 Å². The highest BCUT2D eigenvalue weighted by molar-refractivity contribution is 5.98. The van der Waals surface area contributed by atoms with Crippen molar-refractivity contribution in [3.05, 3.63) is 35.4 Å². The van der Waals surface area contributed by atoms with Crippen molar-refractivity contribution >= 4 is 5.78 Å². The standard InChI is InChI=1S/C19H26O/c1-4-19(2,3)16-9-7-14(8-10-16)18(20)17-12-13-5-6-15(17)11-13/h7-10,13,15,17H,4-6,11-12H2,1-3H3. The van der Waals surface area contributed by atoms with Gasteiger partial charge in [0.25, 0.3) is 0 Å². The lowest BCUT2D eigenvalue weighted by molar-refractivity contribution is 0.0874. The largest absolute Gasteiger partial charge is 0.294 e. The molecule has 1 aromatic rings. The number of rotatable bonds is 4. The van der Waals surface area contributed by atoms with Gasteiger partial charge in [-0.25, -0.2) is 0 Å². The zero-order valence-corrected chi connectivity index (χ0v) is 13.0. The maximum absolute atomic E-state index is 12.7. The SMILES string of the molecule is CCC(C)(C)c1ccc(C(=O)C2CC3CCC2C3)cc1. The van der Waals surface area contributed by atoms with Crippen LogP contribution in [0, 0.1) is 17.8 Å². The van der Waals surface area contributed by atoms with Gasteiger partial charge in [-0.15, -0.1) is 0 Å². The Bertz CT molecular complexity index is 497. The molecule has 1 heteroatoms. The molecule has 1 nitrogen and oxygen atoms in total. The summed E-state index contributed by atoms with van der Waals surface area (Å²) in [6.07, 6.45) is 6.20. The minimum absolute atomic E-state index is 0.202. The molecule has 2 aliphatic rings. The van der Waals surface area contributed by atoms with E-state index in [9.17, 15) is 4.79 Å². The lowest BCUT2D eigenvalue weighted by Gasteiger charge is -2.24. The van der Waals surface area contributed by atoms with Crippen molar-refractivity contribution in [1.82, 2.24) is 0 Å². The van der Waals surface area contributed by atoms with Gasteiger partial charge >= 0.3 is 0 Å². The maximum Gasteiger partial charge on any atom is 0.166 e. The fraction of sp³-hybridized carbons (Fsp3) is 0.632. The van der Waals surface area contributed by atoms with E-state index in [2.05, 4.69) is 45.0 Å². The molecule has 2 saturated carbocycles. The van der Waals surface area contributed by atoms with Crippen LogP contribution >= 0.6 is 0 Å². The van der Waals surface area contributed by atoms with Crippen molar-refractivity contribution in [3.63, 3.8) is 0 Å².